The summed E-state index contributed by atoms with van der Waals surface area (Å²) in [4.78, 5) is 11.2. The Morgan fingerprint density at radius 2 is 1.88 bits per heavy atom. The Morgan fingerprint density at radius 3 is 2.74 bits per heavy atom. The second-order valence-corrected chi connectivity index (χ2v) is 9.82. The molecule has 0 N–H and O–H groups in total. The SMILES string of the molecule is Cc1ccccc1CSc1nnc(CN(C)Cc2cccc3nccnc23)n1CC1CCCO1. The minimum atomic E-state index is 0.228. The lowest BCUT2D eigenvalue weighted by Crippen LogP contribution is -2.23. The van der Waals surface area contributed by atoms with Crippen LogP contribution in [-0.4, -0.2) is 49.4 Å². The summed E-state index contributed by atoms with van der Waals surface area (Å²) < 4.78 is 8.21. The van der Waals surface area contributed by atoms with Crippen molar-refractivity contribution in [3.8, 4) is 0 Å². The van der Waals surface area contributed by atoms with Crippen molar-refractivity contribution in [1.82, 2.24) is 29.6 Å². The van der Waals surface area contributed by atoms with Crippen molar-refractivity contribution in [2.75, 3.05) is 13.7 Å². The predicted molar refractivity (Wildman–Crippen MR) is 134 cm³/mol. The number of ether oxygens (including phenoxy) is 1. The third-order valence-electron chi connectivity index (χ3n) is 6.26. The van der Waals surface area contributed by atoms with Crippen LogP contribution in [0.25, 0.3) is 11.0 Å². The molecule has 0 amide bonds. The minimum absolute atomic E-state index is 0.228. The maximum absolute atomic E-state index is 5.95. The summed E-state index contributed by atoms with van der Waals surface area (Å²) in [6, 6.07) is 14.7. The first kappa shape index (κ1) is 23.0. The molecular weight excluding hydrogens is 444 g/mol. The number of nitrogens with zero attached hydrogens (tertiary/aromatic N) is 6. The van der Waals surface area contributed by atoms with Gasteiger partial charge in [0.15, 0.2) is 5.16 Å². The molecule has 2 aromatic carbocycles. The fraction of sp³-hybridized carbons (Fsp3) is 0.385. The van der Waals surface area contributed by atoms with E-state index in [9.17, 15) is 0 Å². The fourth-order valence-corrected chi connectivity index (χ4v) is 5.44. The van der Waals surface area contributed by atoms with Crippen molar-refractivity contribution in [2.24, 2.45) is 0 Å². The van der Waals surface area contributed by atoms with E-state index in [-0.39, 0.29) is 6.10 Å². The number of aromatic nitrogens is 5. The van der Waals surface area contributed by atoms with E-state index >= 15 is 0 Å². The molecule has 1 aliphatic heterocycles. The van der Waals surface area contributed by atoms with E-state index in [2.05, 4.69) is 73.9 Å². The summed E-state index contributed by atoms with van der Waals surface area (Å²) in [5.41, 5.74) is 5.66. The highest BCUT2D eigenvalue weighted by Gasteiger charge is 2.22. The number of para-hydroxylation sites is 1. The van der Waals surface area contributed by atoms with Gasteiger partial charge in [0, 0.05) is 31.3 Å². The Balaban J connectivity index is 1.34. The molecule has 0 spiro atoms. The second-order valence-electron chi connectivity index (χ2n) is 8.87. The molecule has 2 aromatic heterocycles. The highest BCUT2D eigenvalue weighted by molar-refractivity contribution is 7.98. The van der Waals surface area contributed by atoms with Crippen LogP contribution >= 0.6 is 11.8 Å². The zero-order valence-corrected chi connectivity index (χ0v) is 20.5. The Hall–Kier alpha value is -2.81. The number of fused-ring (bicyclic) bond motifs is 1. The van der Waals surface area contributed by atoms with Crippen LogP contribution in [0.2, 0.25) is 0 Å². The number of hydrogen-bond acceptors (Lipinski definition) is 7. The number of benzene rings is 2. The lowest BCUT2D eigenvalue weighted by atomic mass is 10.1. The van der Waals surface area contributed by atoms with Crippen LogP contribution in [-0.2, 0) is 30.1 Å². The van der Waals surface area contributed by atoms with Gasteiger partial charge in [0.1, 0.15) is 5.82 Å². The second kappa shape index (κ2) is 10.6. The Morgan fingerprint density at radius 1 is 1.03 bits per heavy atom. The van der Waals surface area contributed by atoms with E-state index in [1.54, 1.807) is 24.2 Å². The summed E-state index contributed by atoms with van der Waals surface area (Å²) in [7, 11) is 2.11. The number of hydrogen-bond donors (Lipinski definition) is 0. The van der Waals surface area contributed by atoms with E-state index < -0.39 is 0 Å². The lowest BCUT2D eigenvalue weighted by molar-refractivity contribution is 0.0934. The first-order chi connectivity index (χ1) is 16.7. The van der Waals surface area contributed by atoms with Gasteiger partial charge in [0.2, 0.25) is 0 Å². The van der Waals surface area contributed by atoms with Gasteiger partial charge >= 0.3 is 0 Å². The number of rotatable bonds is 9. The molecule has 1 unspecified atom stereocenters. The summed E-state index contributed by atoms with van der Waals surface area (Å²) >= 11 is 1.75. The highest BCUT2D eigenvalue weighted by Crippen LogP contribution is 2.26. The van der Waals surface area contributed by atoms with Gasteiger partial charge in [-0.1, -0.05) is 48.2 Å². The maximum Gasteiger partial charge on any atom is 0.191 e. The molecule has 0 aliphatic carbocycles. The lowest BCUT2D eigenvalue weighted by Gasteiger charge is -2.19. The van der Waals surface area contributed by atoms with Crippen LogP contribution in [0.5, 0.6) is 0 Å². The Kier molecular flexibility index (Phi) is 7.18. The van der Waals surface area contributed by atoms with Crippen LogP contribution in [0.4, 0.5) is 0 Å². The molecule has 5 rings (SSSR count). The highest BCUT2D eigenvalue weighted by atomic mass is 32.2. The van der Waals surface area contributed by atoms with Crippen molar-refractivity contribution < 1.29 is 4.74 Å². The Labute approximate surface area is 204 Å². The van der Waals surface area contributed by atoms with Crippen molar-refractivity contribution in [3.63, 3.8) is 0 Å². The van der Waals surface area contributed by atoms with Crippen LogP contribution in [0.3, 0.4) is 0 Å². The van der Waals surface area contributed by atoms with Gasteiger partial charge in [0.05, 0.1) is 30.2 Å². The van der Waals surface area contributed by atoms with Crippen molar-refractivity contribution in [1.29, 1.82) is 0 Å². The van der Waals surface area contributed by atoms with Crippen LogP contribution < -0.4 is 0 Å². The van der Waals surface area contributed by atoms with E-state index in [1.165, 1.54) is 11.1 Å². The molecule has 8 heteroatoms. The normalized spacial score (nSPS) is 16.0. The molecule has 176 valence electrons. The van der Waals surface area contributed by atoms with Gasteiger partial charge in [-0.25, -0.2) is 0 Å². The summed E-state index contributed by atoms with van der Waals surface area (Å²) in [5.74, 6) is 1.84. The quantitative estimate of drug-likeness (QED) is 0.328. The molecular formula is C26H30N6OS. The van der Waals surface area contributed by atoms with Crippen LogP contribution in [0, 0.1) is 6.92 Å². The Bertz CT molecular complexity index is 1250. The third-order valence-corrected chi connectivity index (χ3v) is 7.27. The molecule has 0 saturated carbocycles. The zero-order valence-electron chi connectivity index (χ0n) is 19.7. The molecule has 7 nitrogen and oxygen atoms in total. The number of thioether (sulfide) groups is 1. The molecule has 4 aromatic rings. The van der Waals surface area contributed by atoms with E-state index in [4.69, 9.17) is 4.74 Å². The van der Waals surface area contributed by atoms with Gasteiger partial charge in [-0.15, -0.1) is 10.2 Å². The first-order valence-corrected chi connectivity index (χ1v) is 12.7. The average Bonchev–Trinajstić information content (AvgIpc) is 3.50. The first-order valence-electron chi connectivity index (χ1n) is 11.8. The van der Waals surface area contributed by atoms with Crippen LogP contribution in [0.1, 0.15) is 35.4 Å². The van der Waals surface area contributed by atoms with Gasteiger partial charge < -0.3 is 9.30 Å². The fourth-order valence-electron chi connectivity index (χ4n) is 4.40. The van der Waals surface area contributed by atoms with Crippen molar-refractivity contribution >= 4 is 22.8 Å². The molecule has 1 saturated heterocycles. The van der Waals surface area contributed by atoms with E-state index in [0.29, 0.717) is 6.54 Å². The zero-order chi connectivity index (χ0) is 23.3. The smallest absolute Gasteiger partial charge is 0.191 e. The monoisotopic (exact) mass is 474 g/mol. The molecule has 34 heavy (non-hydrogen) atoms. The largest absolute Gasteiger partial charge is 0.376 e. The third kappa shape index (κ3) is 5.29. The molecule has 1 atom stereocenters. The molecule has 3 heterocycles. The van der Waals surface area contributed by atoms with Gasteiger partial charge in [-0.3, -0.25) is 14.9 Å². The van der Waals surface area contributed by atoms with Gasteiger partial charge in [0.25, 0.3) is 0 Å². The van der Waals surface area contributed by atoms with Crippen molar-refractivity contribution in [2.45, 2.75) is 56.4 Å². The average molecular weight is 475 g/mol. The van der Waals surface area contributed by atoms with Gasteiger partial charge in [-0.05, 0) is 49.6 Å². The molecule has 0 radical (unpaired) electrons. The van der Waals surface area contributed by atoms with Crippen molar-refractivity contribution in [3.05, 3.63) is 77.4 Å². The summed E-state index contributed by atoms with van der Waals surface area (Å²) in [6.45, 7) is 5.25. The van der Waals surface area contributed by atoms with Crippen LogP contribution in [0.15, 0.2) is 60.0 Å². The number of aryl methyl sites for hydroxylation is 1. The maximum atomic E-state index is 5.95. The molecule has 1 aliphatic rings. The molecule has 0 bridgehead atoms. The van der Waals surface area contributed by atoms with Gasteiger partial charge in [-0.2, -0.15) is 0 Å². The topological polar surface area (TPSA) is 69.0 Å². The standard InChI is InChI=1S/C26H30N6OS/c1-19-7-3-4-8-21(19)18-34-26-30-29-24(32(26)16-22-10-6-14-33-22)17-31(2)15-20-9-5-11-23-25(20)28-13-12-27-23/h3-5,7-9,11-13,22H,6,10,14-18H2,1-2H3. The van der Waals surface area contributed by atoms with E-state index in [1.807, 2.05) is 12.1 Å². The predicted octanol–water partition coefficient (Wildman–Crippen LogP) is 4.63. The molecule has 1 fully saturated rings. The van der Waals surface area contributed by atoms with E-state index in [0.717, 1.165) is 65.9 Å². The summed E-state index contributed by atoms with van der Waals surface area (Å²) in [6.07, 6.45) is 5.92. The summed E-state index contributed by atoms with van der Waals surface area (Å²) in [5, 5.41) is 10.1. The minimum Gasteiger partial charge on any atom is -0.376 e.